The Kier molecular flexibility index (Phi) is 3.72. The monoisotopic (exact) mass is 335 g/mol. The first-order chi connectivity index (χ1) is 12.2. The average Bonchev–Trinajstić information content (AvgIpc) is 2.79. The summed E-state index contributed by atoms with van der Waals surface area (Å²) < 4.78 is 6.79. The van der Waals surface area contributed by atoms with Crippen LogP contribution in [0.25, 0.3) is 16.6 Å². The maximum atomic E-state index is 13.1. The highest BCUT2D eigenvalue weighted by Gasteiger charge is 2.26. The number of fused-ring (bicyclic) bond motifs is 4. The lowest BCUT2D eigenvalue weighted by Gasteiger charge is -2.21. The molecule has 126 valence electrons. The zero-order chi connectivity index (χ0) is 17.4. The summed E-state index contributed by atoms with van der Waals surface area (Å²) in [4.78, 5) is 31.7. The molecule has 6 nitrogen and oxygen atoms in total. The second-order valence-corrected chi connectivity index (χ2v) is 5.78. The van der Waals surface area contributed by atoms with Crippen LogP contribution in [0.1, 0.15) is 12.7 Å². The molecule has 4 rings (SSSR count). The molecule has 0 saturated heterocycles. The first kappa shape index (κ1) is 15.4. The van der Waals surface area contributed by atoms with Gasteiger partial charge < -0.3 is 4.74 Å². The van der Waals surface area contributed by atoms with Crippen LogP contribution in [0.2, 0.25) is 0 Å². The highest BCUT2D eigenvalue weighted by Crippen LogP contribution is 2.28. The van der Waals surface area contributed by atoms with E-state index in [1.807, 2.05) is 42.5 Å². The Morgan fingerprint density at radius 1 is 1.12 bits per heavy atom. The summed E-state index contributed by atoms with van der Waals surface area (Å²) >= 11 is 0. The van der Waals surface area contributed by atoms with Crippen LogP contribution in [0.5, 0.6) is 0 Å². The number of aromatic nitrogens is 2. The number of nitrogens with zero attached hydrogens (tertiary/aromatic N) is 3. The Morgan fingerprint density at radius 2 is 1.84 bits per heavy atom. The molecule has 3 aromatic rings. The van der Waals surface area contributed by atoms with E-state index >= 15 is 0 Å². The van der Waals surface area contributed by atoms with Gasteiger partial charge in [-0.2, -0.15) is 0 Å². The fraction of sp³-hybridized carbons (Fsp3) is 0.211. The van der Waals surface area contributed by atoms with Gasteiger partial charge in [-0.15, -0.1) is 0 Å². The van der Waals surface area contributed by atoms with Gasteiger partial charge in [0.15, 0.2) is 0 Å². The molecule has 0 atom stereocenters. The van der Waals surface area contributed by atoms with Gasteiger partial charge in [-0.25, -0.2) is 9.78 Å². The van der Waals surface area contributed by atoms with Crippen LogP contribution in [0.15, 0.2) is 53.3 Å². The molecule has 0 unspecified atom stereocenters. The van der Waals surface area contributed by atoms with E-state index < -0.39 is 6.09 Å². The summed E-state index contributed by atoms with van der Waals surface area (Å²) in [5.74, 6) is 0.642. The Balaban J connectivity index is 1.99. The van der Waals surface area contributed by atoms with E-state index in [4.69, 9.17) is 4.74 Å². The summed E-state index contributed by atoms with van der Waals surface area (Å²) in [5, 5.41) is 0.561. The number of anilines is 1. The third-order valence-electron chi connectivity index (χ3n) is 4.31. The van der Waals surface area contributed by atoms with Gasteiger partial charge in [0.05, 0.1) is 28.9 Å². The summed E-state index contributed by atoms with van der Waals surface area (Å²) in [6.07, 6.45) is 0.0495. The number of amides is 1. The summed E-state index contributed by atoms with van der Waals surface area (Å²) in [6.45, 7) is 2.47. The van der Waals surface area contributed by atoms with Crippen LogP contribution in [0.3, 0.4) is 0 Å². The van der Waals surface area contributed by atoms with Crippen LogP contribution < -0.4 is 10.5 Å². The topological polar surface area (TPSA) is 64.4 Å². The van der Waals surface area contributed by atoms with Crippen molar-refractivity contribution in [2.45, 2.75) is 13.3 Å². The average molecular weight is 335 g/mol. The van der Waals surface area contributed by atoms with E-state index in [1.54, 1.807) is 22.5 Å². The fourth-order valence-corrected chi connectivity index (χ4v) is 3.20. The number of para-hydroxylation sites is 3. The maximum Gasteiger partial charge on any atom is 0.414 e. The summed E-state index contributed by atoms with van der Waals surface area (Å²) in [7, 11) is 0. The first-order valence-corrected chi connectivity index (χ1v) is 8.25. The van der Waals surface area contributed by atoms with Crippen molar-refractivity contribution in [2.75, 3.05) is 18.1 Å². The van der Waals surface area contributed by atoms with Gasteiger partial charge in [0.25, 0.3) is 5.56 Å². The Hall–Kier alpha value is -3.15. The molecule has 25 heavy (non-hydrogen) atoms. The summed E-state index contributed by atoms with van der Waals surface area (Å²) in [6, 6.07) is 14.6. The SMILES string of the molecule is CCOC(=O)N1CCc2nc3ccccc3c(=O)n2-c2ccccc21. The molecule has 0 N–H and O–H groups in total. The van der Waals surface area contributed by atoms with E-state index in [-0.39, 0.29) is 5.56 Å². The maximum absolute atomic E-state index is 13.1. The molecular weight excluding hydrogens is 318 g/mol. The van der Waals surface area contributed by atoms with Crippen molar-refractivity contribution in [1.29, 1.82) is 0 Å². The predicted octanol–water partition coefficient (Wildman–Crippen LogP) is 2.90. The molecule has 0 saturated carbocycles. The lowest BCUT2D eigenvalue weighted by Crippen LogP contribution is -2.33. The molecule has 1 aromatic heterocycles. The molecule has 1 aliphatic heterocycles. The van der Waals surface area contributed by atoms with Crippen LogP contribution in [-0.2, 0) is 11.2 Å². The Labute approximate surface area is 144 Å². The molecule has 0 spiro atoms. The molecule has 0 aliphatic carbocycles. The number of carbonyl (C=O) groups excluding carboxylic acids is 1. The van der Waals surface area contributed by atoms with Crippen LogP contribution >= 0.6 is 0 Å². The van der Waals surface area contributed by atoms with Crippen molar-refractivity contribution in [1.82, 2.24) is 9.55 Å². The van der Waals surface area contributed by atoms with Gasteiger partial charge in [0.1, 0.15) is 5.82 Å². The lowest BCUT2D eigenvalue weighted by molar-refractivity contribution is 0.160. The lowest BCUT2D eigenvalue weighted by atomic mass is 10.2. The standard InChI is InChI=1S/C19H17N3O3/c1-2-25-19(24)21-12-11-17-20-14-8-4-3-7-13(14)18(23)22(17)16-10-6-5-9-15(16)21/h3-10H,2,11-12H2,1H3. The highest BCUT2D eigenvalue weighted by atomic mass is 16.6. The van der Waals surface area contributed by atoms with Crippen molar-refractivity contribution < 1.29 is 9.53 Å². The second kappa shape index (κ2) is 6.05. The van der Waals surface area contributed by atoms with Gasteiger partial charge in [0, 0.05) is 13.0 Å². The van der Waals surface area contributed by atoms with Crippen LogP contribution in [-0.4, -0.2) is 28.8 Å². The molecule has 2 aromatic carbocycles. The number of rotatable bonds is 1. The van der Waals surface area contributed by atoms with Crippen molar-refractivity contribution in [3.63, 3.8) is 0 Å². The highest BCUT2D eigenvalue weighted by molar-refractivity contribution is 5.91. The molecule has 0 radical (unpaired) electrons. The van der Waals surface area contributed by atoms with E-state index in [9.17, 15) is 9.59 Å². The Morgan fingerprint density at radius 3 is 2.64 bits per heavy atom. The number of carbonyl (C=O) groups is 1. The van der Waals surface area contributed by atoms with E-state index in [1.165, 1.54) is 0 Å². The third-order valence-corrected chi connectivity index (χ3v) is 4.31. The van der Waals surface area contributed by atoms with Crippen molar-refractivity contribution >= 4 is 22.7 Å². The van der Waals surface area contributed by atoms with Crippen LogP contribution in [0, 0.1) is 0 Å². The minimum Gasteiger partial charge on any atom is -0.449 e. The van der Waals surface area contributed by atoms with Crippen molar-refractivity contribution in [3.8, 4) is 5.69 Å². The van der Waals surface area contributed by atoms with Gasteiger partial charge in [-0.3, -0.25) is 14.3 Å². The van der Waals surface area contributed by atoms with Gasteiger partial charge in [-0.05, 0) is 31.2 Å². The molecule has 0 fully saturated rings. The largest absolute Gasteiger partial charge is 0.449 e. The van der Waals surface area contributed by atoms with E-state index in [0.29, 0.717) is 47.7 Å². The Bertz CT molecular complexity index is 1030. The van der Waals surface area contributed by atoms with E-state index in [0.717, 1.165) is 0 Å². The van der Waals surface area contributed by atoms with Crippen molar-refractivity contribution in [2.24, 2.45) is 0 Å². The number of benzene rings is 2. The molecule has 6 heteroatoms. The van der Waals surface area contributed by atoms with Crippen molar-refractivity contribution in [3.05, 3.63) is 64.7 Å². The van der Waals surface area contributed by atoms with Gasteiger partial charge in [-0.1, -0.05) is 24.3 Å². The predicted molar refractivity (Wildman–Crippen MR) is 95.4 cm³/mol. The molecule has 2 heterocycles. The molecule has 1 amide bonds. The molecular formula is C19H17N3O3. The number of ether oxygens (including phenoxy) is 1. The summed E-state index contributed by atoms with van der Waals surface area (Å²) in [5.41, 5.74) is 1.84. The van der Waals surface area contributed by atoms with Crippen LogP contribution in [0.4, 0.5) is 10.5 Å². The minimum atomic E-state index is -0.416. The third kappa shape index (κ3) is 2.46. The number of hydrogen-bond acceptors (Lipinski definition) is 4. The zero-order valence-corrected chi connectivity index (χ0v) is 13.8. The van der Waals surface area contributed by atoms with E-state index in [2.05, 4.69) is 4.98 Å². The molecule has 0 bridgehead atoms. The molecule has 1 aliphatic rings. The zero-order valence-electron chi connectivity index (χ0n) is 13.8. The number of hydrogen-bond donors (Lipinski definition) is 0. The fourth-order valence-electron chi connectivity index (χ4n) is 3.20. The quantitative estimate of drug-likeness (QED) is 0.686. The normalized spacial score (nSPS) is 13.1. The first-order valence-electron chi connectivity index (χ1n) is 8.25. The minimum absolute atomic E-state index is 0.126. The van der Waals surface area contributed by atoms with Gasteiger partial charge in [0.2, 0.25) is 0 Å². The second-order valence-electron chi connectivity index (χ2n) is 5.78. The smallest absolute Gasteiger partial charge is 0.414 e. The van der Waals surface area contributed by atoms with Gasteiger partial charge >= 0.3 is 6.09 Å².